The molecule has 0 aliphatic carbocycles. The number of benzene rings is 2. The Kier molecular flexibility index (Phi) is 16.5. The van der Waals surface area contributed by atoms with Crippen LogP contribution < -0.4 is 18.9 Å². The van der Waals surface area contributed by atoms with Gasteiger partial charge in [0.15, 0.2) is 11.5 Å². The van der Waals surface area contributed by atoms with Crippen molar-refractivity contribution >= 4 is 21.8 Å². The van der Waals surface area contributed by atoms with Crippen LogP contribution in [-0.4, -0.2) is 45.8 Å². The number of para-hydroxylation sites is 2. The summed E-state index contributed by atoms with van der Waals surface area (Å²) in [6.07, 6.45) is 7.22. The quantitative estimate of drug-likeness (QED) is 0.0872. The van der Waals surface area contributed by atoms with Crippen LogP contribution in [0.4, 0.5) is 5.69 Å². The Labute approximate surface area is 257 Å². The minimum absolute atomic E-state index is 0.00578. The zero-order valence-corrected chi connectivity index (χ0v) is 27.4. The van der Waals surface area contributed by atoms with E-state index in [2.05, 4.69) is 29.9 Å². The van der Waals surface area contributed by atoms with Gasteiger partial charge in [-0.05, 0) is 62.1 Å². The van der Waals surface area contributed by atoms with Crippen LogP contribution in [0, 0.1) is 0 Å². The zero-order chi connectivity index (χ0) is 32.4. The second-order valence-corrected chi connectivity index (χ2v) is 10.7. The largest absolute Gasteiger partial charge is 0.493 e. The molecule has 0 amide bonds. The third-order valence-electron chi connectivity index (χ3n) is 5.73. The molecule has 0 heterocycles. The fraction of sp³-hybridized carbons (Fsp3) is 0.364. The van der Waals surface area contributed by atoms with E-state index < -0.39 is 16.3 Å². The number of rotatable bonds is 15. The van der Waals surface area contributed by atoms with Crippen molar-refractivity contribution in [1.29, 1.82) is 0 Å². The van der Waals surface area contributed by atoms with Crippen LogP contribution in [0.3, 0.4) is 0 Å². The number of methoxy groups -OCH3 is 1. The number of nitrogens with one attached hydrogen (secondary N) is 2. The Hall–Kier alpha value is -4.02. The second-order valence-electron chi connectivity index (χ2n) is 9.28. The number of aliphatic hydroxyl groups excluding tert-OH is 1. The molecule has 0 aliphatic rings. The third kappa shape index (κ3) is 12.4. The van der Waals surface area contributed by atoms with Crippen LogP contribution >= 0.6 is 0 Å². The Morgan fingerprint density at radius 3 is 2.23 bits per heavy atom. The number of hydrogen-bond donors (Lipinski definition) is 3. The molecule has 2 aromatic rings. The number of anilines is 1. The van der Waals surface area contributed by atoms with Crippen molar-refractivity contribution in [3.63, 3.8) is 0 Å². The Morgan fingerprint density at radius 2 is 1.70 bits per heavy atom. The number of aliphatic hydroxyl groups is 1. The number of aliphatic imine (C=N–C) groups is 1. The molecule has 9 nitrogen and oxygen atoms in total. The molecule has 0 spiro atoms. The van der Waals surface area contributed by atoms with E-state index in [1.54, 1.807) is 42.5 Å². The minimum Gasteiger partial charge on any atom is -0.493 e. The normalized spacial score (nSPS) is 13.4. The fourth-order valence-corrected chi connectivity index (χ4v) is 4.67. The molecule has 3 N–H and O–H groups in total. The van der Waals surface area contributed by atoms with Gasteiger partial charge in [0, 0.05) is 0 Å². The average Bonchev–Trinajstić information content (AvgIpc) is 2.98. The first-order valence-corrected chi connectivity index (χ1v) is 15.7. The van der Waals surface area contributed by atoms with E-state index in [1.807, 2.05) is 58.1 Å². The zero-order valence-electron chi connectivity index (χ0n) is 26.5. The summed E-state index contributed by atoms with van der Waals surface area (Å²) in [5.74, 6) is 1.02. The lowest BCUT2D eigenvalue weighted by atomic mass is 10.0. The van der Waals surface area contributed by atoms with E-state index in [4.69, 9.17) is 19.2 Å². The van der Waals surface area contributed by atoms with Crippen LogP contribution in [0.1, 0.15) is 59.9 Å². The summed E-state index contributed by atoms with van der Waals surface area (Å²) in [5, 5.41) is 9.51. The smallest absolute Gasteiger partial charge is 0.321 e. The number of allylic oxidation sites excluding steroid dienone is 4. The van der Waals surface area contributed by atoms with E-state index >= 15 is 0 Å². The summed E-state index contributed by atoms with van der Waals surface area (Å²) in [7, 11) is -2.60. The molecule has 0 aromatic heterocycles. The van der Waals surface area contributed by atoms with Crippen LogP contribution in [-0.2, 0) is 14.9 Å². The third-order valence-corrected chi connectivity index (χ3v) is 6.81. The molecule has 43 heavy (non-hydrogen) atoms. The van der Waals surface area contributed by atoms with Gasteiger partial charge in [0.1, 0.15) is 6.61 Å². The highest BCUT2D eigenvalue weighted by Gasteiger charge is 2.23. The topological polar surface area (TPSA) is 118 Å². The van der Waals surface area contributed by atoms with Crippen molar-refractivity contribution in [3.05, 3.63) is 102 Å². The van der Waals surface area contributed by atoms with Gasteiger partial charge in [-0.1, -0.05) is 82.8 Å². The van der Waals surface area contributed by atoms with Crippen LogP contribution in [0.2, 0.25) is 0 Å². The fourth-order valence-electron chi connectivity index (χ4n) is 3.68. The summed E-state index contributed by atoms with van der Waals surface area (Å²) in [6.45, 7) is 16.8. The Balaban J connectivity index is 0.00000452. The van der Waals surface area contributed by atoms with Crippen molar-refractivity contribution in [3.8, 4) is 11.5 Å². The van der Waals surface area contributed by atoms with Crippen molar-refractivity contribution in [2.24, 2.45) is 4.99 Å². The van der Waals surface area contributed by atoms with Gasteiger partial charge in [-0.2, -0.15) is 8.42 Å². The van der Waals surface area contributed by atoms with Gasteiger partial charge in [-0.15, -0.1) is 0 Å². The number of nitrogens with zero attached hydrogens (tertiary/aromatic N) is 1. The van der Waals surface area contributed by atoms with Gasteiger partial charge in [0.05, 0.1) is 31.1 Å². The highest BCUT2D eigenvalue weighted by atomic mass is 32.2. The van der Waals surface area contributed by atoms with Gasteiger partial charge < -0.3 is 19.3 Å². The first-order chi connectivity index (χ1) is 20.5. The van der Waals surface area contributed by atoms with E-state index in [-0.39, 0.29) is 30.6 Å². The van der Waals surface area contributed by atoms with E-state index in [0.717, 1.165) is 11.1 Å². The maximum absolute atomic E-state index is 13.2. The molecular formula is C33H47N3O6S. The first kappa shape index (κ1) is 37.0. The Morgan fingerprint density at radius 1 is 1.07 bits per heavy atom. The SMILES string of the molecule is C=C/C=C(\C=C/C)C(C)N=C(OCCO)/C(Oc1ccccc1OC)=C(\C)NS(=O)(=O)Nc1ccc(C(C)C)cc1.CC. The first-order valence-electron chi connectivity index (χ1n) is 14.2. The molecule has 0 fully saturated rings. The maximum Gasteiger partial charge on any atom is 0.321 e. The molecule has 0 radical (unpaired) electrons. The standard InChI is InChI=1S/C31H41N3O6S.C2H6/c1-8-12-26(13-9-2)23(5)32-31(39-21-20-35)30(40-29-15-11-10-14-28(29)38-7)24(6)33-41(36,37)34-27-18-16-25(17-19-27)22(3)4;1-2/h8-19,22-23,33-35H,1,20-21H2,2-7H3;1-2H3/b13-9-,26-12+,30-24-,32-31?;. The monoisotopic (exact) mass is 613 g/mol. The van der Waals surface area contributed by atoms with Gasteiger partial charge in [-0.25, -0.2) is 4.99 Å². The molecule has 1 unspecified atom stereocenters. The van der Waals surface area contributed by atoms with Crippen LogP contribution in [0.25, 0.3) is 0 Å². The maximum atomic E-state index is 13.2. The minimum atomic E-state index is -4.10. The molecule has 2 rings (SSSR count). The average molecular weight is 614 g/mol. The van der Waals surface area contributed by atoms with E-state index in [1.165, 1.54) is 14.0 Å². The van der Waals surface area contributed by atoms with Crippen LogP contribution in [0.15, 0.2) is 101 Å². The predicted molar refractivity (Wildman–Crippen MR) is 177 cm³/mol. The molecule has 0 bridgehead atoms. The van der Waals surface area contributed by atoms with Gasteiger partial charge >= 0.3 is 10.2 Å². The molecule has 0 aliphatic heterocycles. The highest BCUT2D eigenvalue weighted by Crippen LogP contribution is 2.29. The Bertz CT molecular complexity index is 1380. The van der Waals surface area contributed by atoms with Crippen molar-refractivity contribution < 1.29 is 27.7 Å². The molecule has 2 aromatic carbocycles. The lowest BCUT2D eigenvalue weighted by molar-refractivity contribution is 0.188. The summed E-state index contributed by atoms with van der Waals surface area (Å²) in [6, 6.07) is 13.6. The lowest BCUT2D eigenvalue weighted by Crippen LogP contribution is -2.32. The van der Waals surface area contributed by atoms with Gasteiger partial charge in [-0.3, -0.25) is 9.44 Å². The molecule has 1 atom stereocenters. The van der Waals surface area contributed by atoms with Crippen molar-refractivity contribution in [2.75, 3.05) is 25.0 Å². The van der Waals surface area contributed by atoms with Crippen molar-refractivity contribution in [2.45, 2.75) is 60.4 Å². The van der Waals surface area contributed by atoms with Gasteiger partial charge in [0.2, 0.25) is 5.76 Å². The molecule has 10 heteroatoms. The summed E-state index contributed by atoms with van der Waals surface area (Å²) in [5.41, 5.74) is 2.40. The number of ether oxygens (including phenoxy) is 3. The second kappa shape index (κ2) is 19.2. The molecule has 236 valence electrons. The molecule has 0 saturated carbocycles. The summed E-state index contributed by atoms with van der Waals surface area (Å²) >= 11 is 0. The van der Waals surface area contributed by atoms with Crippen molar-refractivity contribution in [1.82, 2.24) is 4.72 Å². The lowest BCUT2D eigenvalue weighted by Gasteiger charge is -2.20. The van der Waals surface area contributed by atoms with E-state index in [9.17, 15) is 13.5 Å². The molecular weight excluding hydrogens is 566 g/mol. The number of hydrogen-bond acceptors (Lipinski definition) is 7. The van der Waals surface area contributed by atoms with E-state index in [0.29, 0.717) is 23.1 Å². The molecule has 0 saturated heterocycles. The predicted octanol–water partition coefficient (Wildman–Crippen LogP) is 6.89. The van der Waals surface area contributed by atoms with Gasteiger partial charge in [0.25, 0.3) is 5.90 Å². The highest BCUT2D eigenvalue weighted by molar-refractivity contribution is 7.90. The summed E-state index contributed by atoms with van der Waals surface area (Å²) in [4.78, 5) is 4.70. The summed E-state index contributed by atoms with van der Waals surface area (Å²) < 4.78 is 48.8. The van der Waals surface area contributed by atoms with Crippen LogP contribution in [0.5, 0.6) is 11.5 Å².